The van der Waals surface area contributed by atoms with Gasteiger partial charge in [0.05, 0.1) is 13.2 Å². The van der Waals surface area contributed by atoms with E-state index < -0.39 is 0 Å². The van der Waals surface area contributed by atoms with Crippen molar-refractivity contribution < 1.29 is 9.53 Å². The largest absolute Gasteiger partial charge is 0.496 e. The number of ether oxygens (including phenoxy) is 1. The summed E-state index contributed by atoms with van der Waals surface area (Å²) in [6.45, 7) is 7.34. The molecule has 0 fully saturated rings. The van der Waals surface area contributed by atoms with Crippen molar-refractivity contribution >= 4 is 5.91 Å². The van der Waals surface area contributed by atoms with Gasteiger partial charge in [0.25, 0.3) is 0 Å². The van der Waals surface area contributed by atoms with E-state index in [0.717, 1.165) is 16.9 Å². The SMILES string of the molecule is C=CC(=O)NC(C)c1cc(C)ccc1OC. The number of amides is 1. The molecule has 1 aromatic carbocycles. The van der Waals surface area contributed by atoms with E-state index in [2.05, 4.69) is 11.9 Å². The zero-order valence-corrected chi connectivity index (χ0v) is 9.91. The second kappa shape index (κ2) is 5.35. The Morgan fingerprint density at radius 3 is 2.81 bits per heavy atom. The van der Waals surface area contributed by atoms with Gasteiger partial charge in [-0.25, -0.2) is 0 Å². The van der Waals surface area contributed by atoms with Crippen LogP contribution in [0.15, 0.2) is 30.9 Å². The molecule has 0 saturated carbocycles. The Bertz CT molecular complexity index is 399. The number of carbonyl (C=O) groups is 1. The summed E-state index contributed by atoms with van der Waals surface area (Å²) in [5.41, 5.74) is 2.10. The summed E-state index contributed by atoms with van der Waals surface area (Å²) in [6, 6.07) is 5.79. The van der Waals surface area contributed by atoms with Gasteiger partial charge in [-0.3, -0.25) is 4.79 Å². The molecule has 0 spiro atoms. The maximum Gasteiger partial charge on any atom is 0.243 e. The third-order valence-corrected chi connectivity index (χ3v) is 2.40. The topological polar surface area (TPSA) is 38.3 Å². The fourth-order valence-corrected chi connectivity index (χ4v) is 1.54. The minimum Gasteiger partial charge on any atom is -0.496 e. The van der Waals surface area contributed by atoms with Crippen molar-refractivity contribution in [3.63, 3.8) is 0 Å². The number of hydrogen-bond acceptors (Lipinski definition) is 2. The molecular formula is C13H17NO2. The van der Waals surface area contributed by atoms with Crippen molar-refractivity contribution in [3.05, 3.63) is 42.0 Å². The van der Waals surface area contributed by atoms with Gasteiger partial charge < -0.3 is 10.1 Å². The molecule has 1 rings (SSSR count). The van der Waals surface area contributed by atoms with Gasteiger partial charge in [0, 0.05) is 5.56 Å². The van der Waals surface area contributed by atoms with Crippen LogP contribution in [0.4, 0.5) is 0 Å². The average Bonchev–Trinajstić information content (AvgIpc) is 2.28. The molecule has 0 bridgehead atoms. The lowest BCUT2D eigenvalue weighted by Crippen LogP contribution is -2.24. The highest BCUT2D eigenvalue weighted by atomic mass is 16.5. The molecule has 0 heterocycles. The normalized spacial score (nSPS) is 11.7. The fraction of sp³-hybridized carbons (Fsp3) is 0.308. The van der Waals surface area contributed by atoms with Gasteiger partial charge in [-0.15, -0.1) is 0 Å². The molecule has 0 aliphatic carbocycles. The third kappa shape index (κ3) is 2.86. The summed E-state index contributed by atoms with van der Waals surface area (Å²) >= 11 is 0. The molecule has 1 atom stereocenters. The van der Waals surface area contributed by atoms with Crippen LogP contribution in [0.3, 0.4) is 0 Å². The van der Waals surface area contributed by atoms with E-state index in [1.165, 1.54) is 6.08 Å². The molecule has 3 nitrogen and oxygen atoms in total. The van der Waals surface area contributed by atoms with Gasteiger partial charge >= 0.3 is 0 Å². The maximum atomic E-state index is 11.2. The maximum absolute atomic E-state index is 11.2. The van der Waals surface area contributed by atoms with Crippen LogP contribution in [0.1, 0.15) is 24.1 Å². The monoisotopic (exact) mass is 219 g/mol. The van der Waals surface area contributed by atoms with Crippen LogP contribution < -0.4 is 10.1 Å². The van der Waals surface area contributed by atoms with E-state index in [1.54, 1.807) is 7.11 Å². The average molecular weight is 219 g/mol. The Morgan fingerprint density at radius 2 is 2.25 bits per heavy atom. The summed E-state index contributed by atoms with van der Waals surface area (Å²) in [5, 5.41) is 2.81. The van der Waals surface area contributed by atoms with Crippen molar-refractivity contribution in [3.8, 4) is 5.75 Å². The van der Waals surface area contributed by atoms with Gasteiger partial charge in [-0.05, 0) is 26.0 Å². The molecule has 0 radical (unpaired) electrons. The van der Waals surface area contributed by atoms with Crippen LogP contribution in [0.5, 0.6) is 5.75 Å². The zero-order valence-electron chi connectivity index (χ0n) is 9.91. The Balaban J connectivity index is 2.96. The Morgan fingerprint density at radius 1 is 1.56 bits per heavy atom. The lowest BCUT2D eigenvalue weighted by Gasteiger charge is -2.17. The first-order valence-electron chi connectivity index (χ1n) is 5.16. The van der Waals surface area contributed by atoms with Crippen molar-refractivity contribution in [2.24, 2.45) is 0 Å². The Kier molecular flexibility index (Phi) is 4.11. The van der Waals surface area contributed by atoms with Crippen molar-refractivity contribution in [1.29, 1.82) is 0 Å². The summed E-state index contributed by atoms with van der Waals surface area (Å²) in [7, 11) is 1.62. The standard InChI is InChI=1S/C13H17NO2/c1-5-13(15)14-10(3)11-8-9(2)6-7-12(11)16-4/h5-8,10H,1H2,2-4H3,(H,14,15). The predicted octanol–water partition coefficient (Wildman–Crippen LogP) is 2.37. The van der Waals surface area contributed by atoms with Crippen LogP contribution in [0, 0.1) is 6.92 Å². The summed E-state index contributed by atoms with van der Waals surface area (Å²) in [6.07, 6.45) is 1.26. The molecule has 3 heteroatoms. The number of hydrogen-bond donors (Lipinski definition) is 1. The van der Waals surface area contributed by atoms with Crippen LogP contribution >= 0.6 is 0 Å². The number of benzene rings is 1. The van der Waals surface area contributed by atoms with Crippen LogP contribution in [0.2, 0.25) is 0 Å². The minimum absolute atomic E-state index is 0.0969. The predicted molar refractivity (Wildman–Crippen MR) is 64.5 cm³/mol. The smallest absolute Gasteiger partial charge is 0.243 e. The number of rotatable bonds is 4. The second-order valence-corrected chi connectivity index (χ2v) is 3.68. The number of carbonyl (C=O) groups excluding carboxylic acids is 1. The highest BCUT2D eigenvalue weighted by Crippen LogP contribution is 2.25. The number of methoxy groups -OCH3 is 1. The van der Waals surface area contributed by atoms with E-state index in [-0.39, 0.29) is 11.9 Å². The van der Waals surface area contributed by atoms with E-state index >= 15 is 0 Å². The molecule has 1 aromatic rings. The van der Waals surface area contributed by atoms with Crippen LogP contribution in [0.25, 0.3) is 0 Å². The van der Waals surface area contributed by atoms with Crippen molar-refractivity contribution in [1.82, 2.24) is 5.32 Å². The Hall–Kier alpha value is -1.77. The summed E-state index contributed by atoms with van der Waals surface area (Å²) < 4.78 is 5.26. The molecule has 1 N–H and O–H groups in total. The molecule has 0 aliphatic rings. The van der Waals surface area contributed by atoms with E-state index in [1.807, 2.05) is 32.0 Å². The molecule has 1 unspecified atom stereocenters. The van der Waals surface area contributed by atoms with Crippen LogP contribution in [-0.4, -0.2) is 13.0 Å². The number of aryl methyl sites for hydroxylation is 1. The van der Waals surface area contributed by atoms with E-state index in [0.29, 0.717) is 0 Å². The molecule has 1 amide bonds. The minimum atomic E-state index is -0.184. The first-order valence-corrected chi connectivity index (χ1v) is 5.16. The van der Waals surface area contributed by atoms with Crippen molar-refractivity contribution in [2.45, 2.75) is 19.9 Å². The molecule has 86 valence electrons. The highest BCUT2D eigenvalue weighted by Gasteiger charge is 2.12. The van der Waals surface area contributed by atoms with Gasteiger partial charge in [0.15, 0.2) is 0 Å². The molecular weight excluding hydrogens is 202 g/mol. The van der Waals surface area contributed by atoms with Gasteiger partial charge in [0.2, 0.25) is 5.91 Å². The summed E-state index contributed by atoms with van der Waals surface area (Å²) in [5.74, 6) is 0.596. The molecule has 0 saturated heterocycles. The fourth-order valence-electron chi connectivity index (χ4n) is 1.54. The van der Waals surface area contributed by atoms with Crippen molar-refractivity contribution in [2.75, 3.05) is 7.11 Å². The second-order valence-electron chi connectivity index (χ2n) is 3.68. The highest BCUT2D eigenvalue weighted by molar-refractivity contribution is 5.87. The first-order chi connectivity index (χ1) is 7.58. The lowest BCUT2D eigenvalue weighted by molar-refractivity contribution is -0.117. The first kappa shape index (κ1) is 12.3. The molecule has 16 heavy (non-hydrogen) atoms. The van der Waals surface area contributed by atoms with Crippen LogP contribution in [-0.2, 0) is 4.79 Å². The quantitative estimate of drug-likeness (QED) is 0.789. The number of nitrogens with one attached hydrogen (secondary N) is 1. The van der Waals surface area contributed by atoms with E-state index in [9.17, 15) is 4.79 Å². The van der Waals surface area contributed by atoms with Gasteiger partial charge in [-0.1, -0.05) is 24.3 Å². The van der Waals surface area contributed by atoms with E-state index in [4.69, 9.17) is 4.74 Å². The third-order valence-electron chi connectivity index (χ3n) is 2.40. The zero-order chi connectivity index (χ0) is 12.1. The van der Waals surface area contributed by atoms with Gasteiger partial charge in [-0.2, -0.15) is 0 Å². The molecule has 0 aromatic heterocycles. The molecule has 0 aliphatic heterocycles. The van der Waals surface area contributed by atoms with Gasteiger partial charge in [0.1, 0.15) is 5.75 Å². The lowest BCUT2D eigenvalue weighted by atomic mass is 10.0. The summed E-state index contributed by atoms with van der Waals surface area (Å²) in [4.78, 5) is 11.2. The Labute approximate surface area is 96.1 Å².